The molecule has 0 radical (unpaired) electrons. The molecule has 0 amide bonds. The number of alkyl halides is 2. The number of aryl methyl sites for hydroxylation is 1. The quantitative estimate of drug-likeness (QED) is 0.125. The maximum atomic E-state index is 15.3. The molecule has 32 heavy (non-hydrogen) atoms. The van der Waals surface area contributed by atoms with Crippen LogP contribution in [0.1, 0.15) is 18.2 Å². The average Bonchev–Trinajstić information content (AvgIpc) is 3.23. The van der Waals surface area contributed by atoms with E-state index in [9.17, 15) is 54.2 Å². The summed E-state index contributed by atoms with van der Waals surface area (Å²) in [5.41, 5.74) is 0. The first-order valence-electron chi connectivity index (χ1n) is 6.95. The monoisotopic (exact) mass is 575 g/mol. The van der Waals surface area contributed by atoms with Gasteiger partial charge in [0.1, 0.15) is 24.3 Å². The summed E-state index contributed by atoms with van der Waals surface area (Å²) in [7, 11) is 0. The Labute approximate surface area is 192 Å². The van der Waals surface area contributed by atoms with Gasteiger partial charge < -0.3 is 4.42 Å². The van der Waals surface area contributed by atoms with Crippen LogP contribution in [0, 0.1) is 30.3 Å². The molecule has 1 aromatic heterocycles. The van der Waals surface area contributed by atoms with Crippen LogP contribution in [0.2, 0.25) is 0 Å². The molecule has 182 valence electrons. The van der Waals surface area contributed by atoms with Crippen molar-refractivity contribution < 1.29 is 47.4 Å². The van der Waals surface area contributed by atoms with E-state index in [1.54, 1.807) is 0 Å². The zero-order chi connectivity index (χ0) is 25.0. The Bertz CT molecular complexity index is 827. The number of halogens is 7. The smallest absolute Gasteiger partial charge is 0.421 e. The second-order valence-electron chi connectivity index (χ2n) is 5.18. The Morgan fingerprint density at radius 3 is 1.62 bits per heavy atom. The van der Waals surface area contributed by atoms with E-state index >= 15 is 4.39 Å². The van der Waals surface area contributed by atoms with Crippen molar-refractivity contribution in [2.24, 2.45) is 0 Å². The molecule has 0 fully saturated rings. The van der Waals surface area contributed by atoms with E-state index in [4.69, 9.17) is 0 Å². The second kappa shape index (κ2) is 10.7. The fourth-order valence-corrected chi connectivity index (χ4v) is 4.85. The van der Waals surface area contributed by atoms with Crippen LogP contribution >= 0.6 is 60.7 Å². The minimum absolute atomic E-state index is 1.10. The minimum Gasteiger partial charge on any atom is -0.421 e. The van der Waals surface area contributed by atoms with Crippen molar-refractivity contribution in [1.29, 1.82) is 0 Å². The van der Waals surface area contributed by atoms with Crippen molar-refractivity contribution in [2.75, 3.05) is 0 Å². The SMILES string of the molecule is O=[N+]([O-])C(CCc1nnc(C(F)(SF)C(SF)(SF)C(F)(SF)SF)o1)([N+](=O)[O-])[N+](=O)[O-]. The minimum atomic E-state index is -4.50. The van der Waals surface area contributed by atoms with Crippen LogP contribution in [-0.2, 0) is 11.4 Å². The van der Waals surface area contributed by atoms with E-state index in [0.29, 0.717) is 0 Å². The van der Waals surface area contributed by atoms with Crippen LogP contribution in [-0.4, -0.2) is 39.2 Å². The molecule has 0 saturated heterocycles. The normalized spacial score (nSPS) is 14.7. The van der Waals surface area contributed by atoms with Gasteiger partial charge in [-0.2, -0.15) is 19.4 Å². The van der Waals surface area contributed by atoms with Gasteiger partial charge in [-0.15, -0.1) is 10.2 Å². The summed E-state index contributed by atoms with van der Waals surface area (Å²) < 4.78 is 91.6. The lowest BCUT2D eigenvalue weighted by molar-refractivity contribution is -0.970. The second-order valence-corrected chi connectivity index (χ2v) is 9.38. The number of aromatic nitrogens is 2. The summed E-state index contributed by atoms with van der Waals surface area (Å²) in [6.07, 6.45) is -2.80. The molecule has 0 saturated carbocycles. The molecule has 0 N–H and O–H groups in total. The predicted molar refractivity (Wildman–Crippen MR) is 99.2 cm³/mol. The third kappa shape index (κ3) is 4.37. The van der Waals surface area contributed by atoms with Crippen molar-refractivity contribution in [3.05, 3.63) is 42.1 Å². The van der Waals surface area contributed by atoms with Gasteiger partial charge >= 0.3 is 5.79 Å². The molecule has 24 heteroatoms. The molecule has 0 aromatic carbocycles. The van der Waals surface area contributed by atoms with Gasteiger partial charge in [0, 0.05) is 6.42 Å². The van der Waals surface area contributed by atoms with E-state index in [1.807, 2.05) is 0 Å². The maximum absolute atomic E-state index is 15.3. The molecule has 1 atom stereocenters. The molecule has 12 nitrogen and oxygen atoms in total. The molecule has 1 heterocycles. The fourth-order valence-electron chi connectivity index (χ4n) is 1.97. The van der Waals surface area contributed by atoms with E-state index < -0.39 is 119 Å². The Kier molecular flexibility index (Phi) is 9.56. The summed E-state index contributed by atoms with van der Waals surface area (Å²) in [6.45, 7) is 0. The van der Waals surface area contributed by atoms with Gasteiger partial charge in [-0.25, -0.2) is 8.78 Å². The molecule has 0 spiro atoms. The highest BCUT2D eigenvalue weighted by molar-refractivity contribution is 8.21. The van der Waals surface area contributed by atoms with E-state index in [0.717, 1.165) is 0 Å². The van der Waals surface area contributed by atoms with Crippen LogP contribution in [0.15, 0.2) is 4.42 Å². The van der Waals surface area contributed by atoms with E-state index in [-0.39, 0.29) is 0 Å². The zero-order valence-electron chi connectivity index (χ0n) is 14.2. The highest BCUT2D eigenvalue weighted by Crippen LogP contribution is 2.70. The standard InChI is InChI=1S/C8H4F7N5O7S5/c9-6(28-11,7(29-12,30-13)8(10,31-14)32-15)4-17-16-3(27-4)1-2-5(18(21)22,19(23)24)20(25)26/h1-2H2. The van der Waals surface area contributed by atoms with E-state index in [1.165, 1.54) is 0 Å². The highest BCUT2D eigenvalue weighted by Gasteiger charge is 2.76. The Morgan fingerprint density at radius 1 is 0.812 bits per heavy atom. The van der Waals surface area contributed by atoms with Crippen molar-refractivity contribution in [1.82, 2.24) is 10.2 Å². The van der Waals surface area contributed by atoms with Gasteiger partial charge in [-0.05, 0) is 0 Å². The fraction of sp³-hybridized carbons (Fsp3) is 0.750. The van der Waals surface area contributed by atoms with Gasteiger partial charge in [0.2, 0.25) is 9.97 Å². The van der Waals surface area contributed by atoms with Gasteiger partial charge in [0.05, 0.1) is 36.4 Å². The summed E-state index contributed by atoms with van der Waals surface area (Å²) in [6, 6.07) is 0. The van der Waals surface area contributed by atoms with Crippen LogP contribution in [0.4, 0.5) is 28.2 Å². The maximum Gasteiger partial charge on any atom is 0.700 e. The van der Waals surface area contributed by atoms with Crippen LogP contribution in [0.25, 0.3) is 0 Å². The summed E-state index contributed by atoms with van der Waals surface area (Å²) in [5, 5.41) is 33.8. The Morgan fingerprint density at radius 2 is 1.28 bits per heavy atom. The van der Waals surface area contributed by atoms with E-state index in [2.05, 4.69) is 14.6 Å². The molecular formula is C8H4F7N5O7S5. The lowest BCUT2D eigenvalue weighted by Gasteiger charge is -2.38. The molecule has 0 aliphatic heterocycles. The third-order valence-electron chi connectivity index (χ3n) is 3.63. The molecule has 1 aromatic rings. The summed E-state index contributed by atoms with van der Waals surface area (Å²) in [5.74, 6) is -6.97. The van der Waals surface area contributed by atoms with Gasteiger partial charge in [0.25, 0.3) is 15.2 Å². The molecule has 1 rings (SSSR count). The average molecular weight is 575 g/mol. The lowest BCUT2D eigenvalue weighted by Crippen LogP contribution is -2.53. The van der Waals surface area contributed by atoms with Gasteiger partial charge in [-0.1, -0.05) is 0 Å². The predicted octanol–water partition coefficient (Wildman–Crippen LogP) is 5.02. The topological polar surface area (TPSA) is 168 Å². The highest BCUT2D eigenvalue weighted by atomic mass is 32.3. The first-order chi connectivity index (χ1) is 14.8. The summed E-state index contributed by atoms with van der Waals surface area (Å²) in [4.78, 5) is 27.0. The molecule has 0 bridgehead atoms. The van der Waals surface area contributed by atoms with Crippen LogP contribution in [0.5, 0.6) is 0 Å². The zero-order valence-corrected chi connectivity index (χ0v) is 18.3. The Balaban J connectivity index is 3.45. The van der Waals surface area contributed by atoms with Crippen molar-refractivity contribution in [2.45, 2.75) is 32.0 Å². The number of nitrogens with zero attached hydrogens (tertiary/aromatic N) is 5. The Hall–Kier alpha value is -1.40. The number of hydrogen-bond donors (Lipinski definition) is 0. The lowest BCUT2D eigenvalue weighted by atomic mass is 10.2. The summed E-state index contributed by atoms with van der Waals surface area (Å²) >= 11 is -8.60. The first kappa shape index (κ1) is 28.6. The molecule has 0 aliphatic carbocycles. The largest absolute Gasteiger partial charge is 0.700 e. The first-order valence-corrected chi connectivity index (χ1v) is 10.5. The van der Waals surface area contributed by atoms with Crippen molar-refractivity contribution in [3.8, 4) is 0 Å². The van der Waals surface area contributed by atoms with Gasteiger partial charge in [-0.3, -0.25) is 30.3 Å². The number of rotatable bonds is 14. The van der Waals surface area contributed by atoms with Crippen LogP contribution in [0.3, 0.4) is 0 Å². The number of hydrogen-bond acceptors (Lipinski definition) is 14. The number of nitro groups is 3. The third-order valence-corrected chi connectivity index (χ3v) is 8.43. The van der Waals surface area contributed by atoms with Crippen molar-refractivity contribution in [3.63, 3.8) is 0 Å². The molecule has 1 unspecified atom stereocenters. The van der Waals surface area contributed by atoms with Crippen LogP contribution < -0.4 is 0 Å². The van der Waals surface area contributed by atoms with Crippen molar-refractivity contribution >= 4 is 60.7 Å². The molecular weight excluding hydrogens is 571 g/mol. The molecule has 0 aliphatic rings. The van der Waals surface area contributed by atoms with Gasteiger partial charge in [0.15, 0.2) is 21.2 Å².